The Kier molecular flexibility index (Phi) is 4.26. The minimum Gasteiger partial charge on any atom is -0.397 e. The molecule has 1 aliphatic rings. The lowest BCUT2D eigenvalue weighted by atomic mass is 9.95. The molecule has 0 radical (unpaired) electrons. The molecule has 1 aromatic carbocycles. The zero-order valence-electron chi connectivity index (χ0n) is 14.7. The summed E-state index contributed by atoms with van der Waals surface area (Å²) in [4.78, 5) is 4.54. The molecule has 2 aromatic heterocycles. The highest BCUT2D eigenvalue weighted by Crippen LogP contribution is 2.31. The maximum absolute atomic E-state index is 14.7. The molecule has 0 unspecified atom stereocenters. The summed E-state index contributed by atoms with van der Waals surface area (Å²) in [5.74, 6) is 5.88. The van der Waals surface area contributed by atoms with Gasteiger partial charge in [-0.05, 0) is 49.7 Å². The molecule has 6 nitrogen and oxygen atoms in total. The van der Waals surface area contributed by atoms with E-state index in [0.717, 1.165) is 42.8 Å². The molecule has 0 saturated carbocycles. The minimum atomic E-state index is -0.331. The van der Waals surface area contributed by atoms with Crippen LogP contribution >= 0.6 is 0 Å². The Hall–Kier alpha value is -2.64. The van der Waals surface area contributed by atoms with Crippen molar-refractivity contribution in [1.29, 1.82) is 0 Å². The van der Waals surface area contributed by atoms with Gasteiger partial charge in [-0.25, -0.2) is 15.2 Å². The van der Waals surface area contributed by atoms with Crippen LogP contribution in [0.1, 0.15) is 24.5 Å². The van der Waals surface area contributed by atoms with Gasteiger partial charge in [0.05, 0.1) is 17.1 Å². The Bertz CT molecular complexity index is 943. The lowest BCUT2D eigenvalue weighted by Gasteiger charge is -2.20. The molecule has 0 spiro atoms. The van der Waals surface area contributed by atoms with Crippen molar-refractivity contribution in [3.63, 3.8) is 0 Å². The second-order valence-corrected chi connectivity index (χ2v) is 6.88. The number of halogens is 1. The maximum Gasteiger partial charge on any atom is 0.173 e. The molecule has 3 aromatic rings. The SMILES string of the molecule is CN(N)c1cc(-c2cc(F)c3nc(C4CCNCC4)cn3c2)ccc1N. The van der Waals surface area contributed by atoms with E-state index in [9.17, 15) is 4.39 Å². The highest BCUT2D eigenvalue weighted by molar-refractivity contribution is 5.76. The quantitative estimate of drug-likeness (QED) is 0.382. The molecule has 7 heteroatoms. The van der Waals surface area contributed by atoms with E-state index >= 15 is 0 Å². The standard InChI is InChI=1S/C19H23FN6/c1-25(22)18-9-13(2-3-16(18)21)14-8-15(20)19-24-17(11-26(19)10-14)12-4-6-23-7-5-12/h2-3,8-12,23H,4-7,21-22H2,1H3. The van der Waals surface area contributed by atoms with Crippen LogP contribution in [0.25, 0.3) is 16.8 Å². The van der Waals surface area contributed by atoms with Crippen LogP contribution < -0.4 is 21.9 Å². The van der Waals surface area contributed by atoms with Gasteiger partial charge in [-0.15, -0.1) is 0 Å². The number of hydrogen-bond acceptors (Lipinski definition) is 5. The van der Waals surface area contributed by atoms with Crippen molar-refractivity contribution in [2.24, 2.45) is 5.84 Å². The van der Waals surface area contributed by atoms with Crippen molar-refractivity contribution in [2.75, 3.05) is 30.9 Å². The van der Waals surface area contributed by atoms with Crippen molar-refractivity contribution >= 4 is 17.0 Å². The highest BCUT2D eigenvalue weighted by atomic mass is 19.1. The molecule has 0 atom stereocenters. The van der Waals surface area contributed by atoms with Crippen molar-refractivity contribution in [3.05, 3.63) is 48.2 Å². The molecule has 4 rings (SSSR count). The van der Waals surface area contributed by atoms with Gasteiger partial charge in [-0.2, -0.15) is 0 Å². The number of nitrogens with one attached hydrogen (secondary N) is 1. The van der Waals surface area contributed by atoms with E-state index in [1.54, 1.807) is 17.5 Å². The molecule has 1 aliphatic heterocycles. The normalized spacial score (nSPS) is 15.5. The number of hydrazine groups is 1. The predicted octanol–water partition coefficient (Wildman–Crippen LogP) is 2.50. The van der Waals surface area contributed by atoms with Crippen molar-refractivity contribution in [3.8, 4) is 11.1 Å². The van der Waals surface area contributed by atoms with Gasteiger partial charge in [0.1, 0.15) is 0 Å². The second kappa shape index (κ2) is 6.59. The first kappa shape index (κ1) is 16.8. The molecule has 1 saturated heterocycles. The van der Waals surface area contributed by atoms with E-state index in [0.29, 0.717) is 22.9 Å². The molecule has 3 heterocycles. The number of nitrogen functional groups attached to an aromatic ring is 1. The summed E-state index contributed by atoms with van der Waals surface area (Å²) >= 11 is 0. The van der Waals surface area contributed by atoms with Gasteiger partial charge >= 0.3 is 0 Å². The highest BCUT2D eigenvalue weighted by Gasteiger charge is 2.19. The van der Waals surface area contributed by atoms with E-state index < -0.39 is 0 Å². The van der Waals surface area contributed by atoms with Crippen molar-refractivity contribution in [1.82, 2.24) is 14.7 Å². The van der Waals surface area contributed by atoms with Gasteiger partial charge in [0.25, 0.3) is 0 Å². The molecule has 136 valence electrons. The van der Waals surface area contributed by atoms with Crippen LogP contribution in [0.4, 0.5) is 15.8 Å². The van der Waals surface area contributed by atoms with Crippen LogP contribution in [0.3, 0.4) is 0 Å². The predicted molar refractivity (Wildman–Crippen MR) is 102 cm³/mol. The van der Waals surface area contributed by atoms with Crippen molar-refractivity contribution < 1.29 is 4.39 Å². The summed E-state index contributed by atoms with van der Waals surface area (Å²) in [6, 6.07) is 7.03. The Morgan fingerprint density at radius 1 is 1.19 bits per heavy atom. The molecular weight excluding hydrogens is 331 g/mol. The Labute approximate surface area is 151 Å². The van der Waals surface area contributed by atoms with Crippen molar-refractivity contribution in [2.45, 2.75) is 18.8 Å². The number of imidazole rings is 1. The molecule has 0 aliphatic carbocycles. The number of fused-ring (bicyclic) bond motifs is 1. The summed E-state index contributed by atoms with van der Waals surface area (Å²) in [6.45, 7) is 1.96. The zero-order valence-corrected chi connectivity index (χ0v) is 14.7. The summed E-state index contributed by atoms with van der Waals surface area (Å²) in [7, 11) is 1.72. The van der Waals surface area contributed by atoms with Gasteiger partial charge in [0.15, 0.2) is 11.5 Å². The molecule has 0 bridgehead atoms. The Morgan fingerprint density at radius 2 is 1.96 bits per heavy atom. The van der Waals surface area contributed by atoms with Crippen LogP contribution in [0.2, 0.25) is 0 Å². The van der Waals surface area contributed by atoms with Crippen LogP contribution in [0, 0.1) is 5.82 Å². The second-order valence-electron chi connectivity index (χ2n) is 6.88. The number of aromatic nitrogens is 2. The monoisotopic (exact) mass is 354 g/mol. The van der Waals surface area contributed by atoms with E-state index in [1.807, 2.05) is 24.5 Å². The summed E-state index contributed by atoms with van der Waals surface area (Å²) in [5, 5.41) is 4.80. The Morgan fingerprint density at radius 3 is 2.69 bits per heavy atom. The number of piperidine rings is 1. The number of pyridine rings is 1. The minimum absolute atomic E-state index is 0.331. The number of nitrogens with two attached hydrogens (primary N) is 2. The number of benzene rings is 1. The third kappa shape index (κ3) is 3.00. The van der Waals surface area contributed by atoms with Gasteiger partial charge in [-0.1, -0.05) is 6.07 Å². The number of hydrogen-bond donors (Lipinski definition) is 3. The fourth-order valence-electron chi connectivity index (χ4n) is 3.58. The molecule has 5 N–H and O–H groups in total. The number of anilines is 2. The zero-order chi connectivity index (χ0) is 18.3. The number of rotatable bonds is 3. The third-order valence-electron chi connectivity index (χ3n) is 5.03. The average molecular weight is 354 g/mol. The van der Waals surface area contributed by atoms with Gasteiger partial charge < -0.3 is 20.5 Å². The first-order chi connectivity index (χ1) is 12.5. The largest absolute Gasteiger partial charge is 0.397 e. The van der Waals surface area contributed by atoms with Crippen LogP contribution in [0.5, 0.6) is 0 Å². The van der Waals surface area contributed by atoms with Gasteiger partial charge in [0.2, 0.25) is 0 Å². The fraction of sp³-hybridized carbons (Fsp3) is 0.316. The van der Waals surface area contributed by atoms with E-state index in [-0.39, 0.29) is 5.82 Å². The lowest BCUT2D eigenvalue weighted by Crippen LogP contribution is -2.26. The maximum atomic E-state index is 14.7. The fourth-order valence-corrected chi connectivity index (χ4v) is 3.58. The van der Waals surface area contributed by atoms with E-state index in [1.165, 1.54) is 11.1 Å². The molecular formula is C19H23FN6. The molecule has 0 amide bonds. The first-order valence-corrected chi connectivity index (χ1v) is 8.80. The Balaban J connectivity index is 1.76. The van der Waals surface area contributed by atoms with Crippen LogP contribution in [0.15, 0.2) is 36.7 Å². The average Bonchev–Trinajstić information content (AvgIpc) is 3.07. The van der Waals surface area contributed by atoms with Crippen LogP contribution in [-0.4, -0.2) is 29.5 Å². The summed E-state index contributed by atoms with van der Waals surface area (Å²) in [6.07, 6.45) is 5.91. The topological polar surface area (TPSA) is 84.6 Å². The third-order valence-corrected chi connectivity index (χ3v) is 5.03. The lowest BCUT2D eigenvalue weighted by molar-refractivity contribution is 0.454. The smallest absolute Gasteiger partial charge is 0.173 e. The number of nitrogens with zero attached hydrogens (tertiary/aromatic N) is 3. The summed E-state index contributed by atoms with van der Waals surface area (Å²) < 4.78 is 16.5. The first-order valence-electron chi connectivity index (χ1n) is 8.80. The summed E-state index contributed by atoms with van der Waals surface area (Å²) in [5.41, 5.74) is 10.2. The van der Waals surface area contributed by atoms with Crippen LogP contribution in [-0.2, 0) is 0 Å². The van der Waals surface area contributed by atoms with E-state index in [2.05, 4.69) is 10.3 Å². The molecule has 1 fully saturated rings. The molecule has 26 heavy (non-hydrogen) atoms. The van der Waals surface area contributed by atoms with Gasteiger partial charge in [0, 0.05) is 30.9 Å². The van der Waals surface area contributed by atoms with Gasteiger partial charge in [-0.3, -0.25) is 0 Å². The van der Waals surface area contributed by atoms with E-state index in [4.69, 9.17) is 11.6 Å².